The Balaban J connectivity index is 2.48. The molecule has 0 aliphatic heterocycles. The van der Waals surface area contributed by atoms with Crippen molar-refractivity contribution < 1.29 is 13.6 Å². The largest absolute Gasteiger partial charge is 0.287 e. The number of benzene rings is 1. The van der Waals surface area contributed by atoms with Gasteiger partial charge in [-0.25, -0.2) is 13.8 Å². The van der Waals surface area contributed by atoms with Gasteiger partial charge >= 0.3 is 0 Å². The molecule has 1 heterocycles. The van der Waals surface area contributed by atoms with Crippen LogP contribution in [0.2, 0.25) is 0 Å². The van der Waals surface area contributed by atoms with Crippen molar-refractivity contribution in [1.29, 1.82) is 0 Å². The Bertz CT molecular complexity index is 581. The second-order valence-corrected chi connectivity index (χ2v) is 3.59. The lowest BCUT2D eigenvalue weighted by Crippen LogP contribution is -2.08. The highest BCUT2D eigenvalue weighted by Gasteiger charge is 2.17. The van der Waals surface area contributed by atoms with Gasteiger partial charge in [-0.15, -0.1) is 0 Å². The van der Waals surface area contributed by atoms with Gasteiger partial charge in [-0.1, -0.05) is 12.1 Å². The summed E-state index contributed by atoms with van der Waals surface area (Å²) in [4.78, 5) is 15.9. The molecule has 2 aromatic rings. The van der Waals surface area contributed by atoms with E-state index in [-0.39, 0.29) is 11.3 Å². The maximum absolute atomic E-state index is 13.4. The second-order valence-electron chi connectivity index (χ2n) is 3.59. The van der Waals surface area contributed by atoms with E-state index in [0.717, 1.165) is 6.07 Å². The minimum atomic E-state index is -1.14. The predicted octanol–water partition coefficient (Wildman–Crippen LogP) is 2.90. The zero-order valence-corrected chi connectivity index (χ0v) is 9.08. The first-order valence-electron chi connectivity index (χ1n) is 5.02. The molecule has 0 bridgehead atoms. The molecule has 0 saturated carbocycles. The van der Waals surface area contributed by atoms with Crippen molar-refractivity contribution in [3.63, 3.8) is 0 Å². The van der Waals surface area contributed by atoms with E-state index in [9.17, 15) is 13.6 Å². The highest BCUT2D eigenvalue weighted by molar-refractivity contribution is 6.07. The molecule has 0 aliphatic rings. The van der Waals surface area contributed by atoms with Gasteiger partial charge < -0.3 is 0 Å². The molecule has 2 nitrogen and oxygen atoms in total. The number of pyridine rings is 1. The summed E-state index contributed by atoms with van der Waals surface area (Å²) in [5.74, 6) is -2.80. The topological polar surface area (TPSA) is 30.0 Å². The van der Waals surface area contributed by atoms with Gasteiger partial charge in [0, 0.05) is 5.69 Å². The van der Waals surface area contributed by atoms with Crippen LogP contribution in [0, 0.1) is 18.6 Å². The highest BCUT2D eigenvalue weighted by Crippen LogP contribution is 2.15. The lowest BCUT2D eigenvalue weighted by Gasteiger charge is -2.03. The third-order valence-corrected chi connectivity index (χ3v) is 2.32. The fourth-order valence-electron chi connectivity index (χ4n) is 1.49. The molecule has 0 unspecified atom stereocenters. The van der Waals surface area contributed by atoms with Gasteiger partial charge in [0.25, 0.3) is 0 Å². The first-order chi connectivity index (χ1) is 8.09. The summed E-state index contributed by atoms with van der Waals surface area (Å²) in [5.41, 5.74) is 0.449. The smallest absolute Gasteiger partial charge is 0.214 e. The van der Waals surface area contributed by atoms with Crippen molar-refractivity contribution in [2.75, 3.05) is 0 Å². The normalized spacial score (nSPS) is 10.3. The van der Waals surface area contributed by atoms with Gasteiger partial charge in [-0.05, 0) is 31.2 Å². The van der Waals surface area contributed by atoms with Crippen LogP contribution in [0.25, 0.3) is 0 Å². The number of aryl methyl sites for hydroxylation is 1. The minimum absolute atomic E-state index is 0.106. The summed E-state index contributed by atoms with van der Waals surface area (Å²) in [6.07, 6.45) is 0. The van der Waals surface area contributed by atoms with Gasteiger partial charge in [-0.2, -0.15) is 0 Å². The number of carbonyl (C=O) groups is 1. The molecule has 0 aliphatic carbocycles. The van der Waals surface area contributed by atoms with Crippen molar-refractivity contribution in [3.8, 4) is 0 Å². The minimum Gasteiger partial charge on any atom is -0.287 e. The SMILES string of the molecule is Cc1cccc(C(=O)c2cccc(F)c2F)n1. The van der Waals surface area contributed by atoms with E-state index >= 15 is 0 Å². The maximum atomic E-state index is 13.4. The molecule has 4 heteroatoms. The van der Waals surface area contributed by atoms with E-state index in [4.69, 9.17) is 0 Å². The number of hydrogen-bond acceptors (Lipinski definition) is 2. The van der Waals surface area contributed by atoms with Crippen LogP contribution in [0.3, 0.4) is 0 Å². The maximum Gasteiger partial charge on any atom is 0.214 e. The Morgan fingerprint density at radius 1 is 1.12 bits per heavy atom. The van der Waals surface area contributed by atoms with E-state index in [2.05, 4.69) is 4.98 Å². The van der Waals surface area contributed by atoms with Gasteiger partial charge in [0.2, 0.25) is 5.78 Å². The fourth-order valence-corrected chi connectivity index (χ4v) is 1.49. The molecule has 2 rings (SSSR count). The van der Waals surface area contributed by atoms with E-state index in [1.165, 1.54) is 18.2 Å². The number of hydrogen-bond donors (Lipinski definition) is 0. The van der Waals surface area contributed by atoms with Crippen LogP contribution in [-0.4, -0.2) is 10.8 Å². The molecular weight excluding hydrogens is 224 g/mol. The molecule has 0 N–H and O–H groups in total. The van der Waals surface area contributed by atoms with E-state index < -0.39 is 17.4 Å². The Kier molecular flexibility index (Phi) is 2.95. The Morgan fingerprint density at radius 3 is 2.53 bits per heavy atom. The molecule has 0 fully saturated rings. The summed E-state index contributed by atoms with van der Waals surface area (Å²) in [6.45, 7) is 1.72. The van der Waals surface area contributed by atoms with Crippen LogP contribution in [0.15, 0.2) is 36.4 Å². The Labute approximate surface area is 96.9 Å². The quantitative estimate of drug-likeness (QED) is 0.746. The first kappa shape index (κ1) is 11.4. The molecule has 0 atom stereocenters. The molecule has 1 aromatic heterocycles. The lowest BCUT2D eigenvalue weighted by atomic mass is 10.1. The number of halogens is 2. The van der Waals surface area contributed by atoms with Crippen molar-refractivity contribution >= 4 is 5.78 Å². The lowest BCUT2D eigenvalue weighted by molar-refractivity contribution is 0.102. The average Bonchev–Trinajstić information content (AvgIpc) is 2.32. The summed E-state index contributed by atoms with van der Waals surface area (Å²) in [5, 5.41) is 0. The number of aromatic nitrogens is 1. The van der Waals surface area contributed by atoms with Crippen LogP contribution in [0.5, 0.6) is 0 Å². The van der Waals surface area contributed by atoms with E-state index in [1.54, 1.807) is 19.1 Å². The van der Waals surface area contributed by atoms with Crippen LogP contribution >= 0.6 is 0 Å². The number of nitrogens with zero attached hydrogens (tertiary/aromatic N) is 1. The number of ketones is 1. The van der Waals surface area contributed by atoms with Crippen molar-refractivity contribution in [2.24, 2.45) is 0 Å². The summed E-state index contributed by atoms with van der Waals surface area (Å²) in [6, 6.07) is 8.34. The van der Waals surface area contributed by atoms with Crippen LogP contribution < -0.4 is 0 Å². The van der Waals surface area contributed by atoms with Gasteiger partial charge in [-0.3, -0.25) is 4.79 Å². The monoisotopic (exact) mass is 233 g/mol. The summed E-state index contributed by atoms with van der Waals surface area (Å²) in [7, 11) is 0. The molecule has 0 amide bonds. The standard InChI is InChI=1S/C13H9F2NO/c1-8-4-2-7-11(16-8)13(17)9-5-3-6-10(14)12(9)15/h2-7H,1H3. The molecule has 1 aromatic carbocycles. The van der Waals surface area contributed by atoms with Gasteiger partial charge in [0.1, 0.15) is 5.69 Å². The van der Waals surface area contributed by atoms with E-state index in [0.29, 0.717) is 5.69 Å². The third kappa shape index (κ3) is 2.20. The van der Waals surface area contributed by atoms with Gasteiger partial charge in [0.15, 0.2) is 11.6 Å². The molecule has 0 spiro atoms. The van der Waals surface area contributed by atoms with Crippen molar-refractivity contribution in [1.82, 2.24) is 4.98 Å². The first-order valence-corrected chi connectivity index (χ1v) is 5.02. The predicted molar refractivity (Wildman–Crippen MR) is 58.8 cm³/mol. The van der Waals surface area contributed by atoms with Crippen molar-refractivity contribution in [2.45, 2.75) is 6.92 Å². The molecular formula is C13H9F2NO. The summed E-state index contributed by atoms with van der Waals surface area (Å²) < 4.78 is 26.4. The second kappa shape index (κ2) is 4.41. The molecule has 17 heavy (non-hydrogen) atoms. The van der Waals surface area contributed by atoms with Crippen LogP contribution in [0.4, 0.5) is 8.78 Å². The Morgan fingerprint density at radius 2 is 1.82 bits per heavy atom. The third-order valence-electron chi connectivity index (χ3n) is 2.32. The fraction of sp³-hybridized carbons (Fsp3) is 0.0769. The molecule has 0 radical (unpaired) electrons. The van der Waals surface area contributed by atoms with Crippen molar-refractivity contribution in [3.05, 3.63) is 65.0 Å². The number of carbonyl (C=O) groups excluding carboxylic acids is 1. The highest BCUT2D eigenvalue weighted by atomic mass is 19.2. The number of rotatable bonds is 2. The molecule has 0 saturated heterocycles. The van der Waals surface area contributed by atoms with Crippen LogP contribution in [-0.2, 0) is 0 Å². The molecule has 86 valence electrons. The summed E-state index contributed by atoms with van der Waals surface area (Å²) >= 11 is 0. The Hall–Kier alpha value is -2.10. The average molecular weight is 233 g/mol. The zero-order chi connectivity index (χ0) is 12.4. The van der Waals surface area contributed by atoms with E-state index in [1.807, 2.05) is 0 Å². The van der Waals surface area contributed by atoms with Crippen LogP contribution in [0.1, 0.15) is 21.7 Å². The zero-order valence-electron chi connectivity index (χ0n) is 9.08. The van der Waals surface area contributed by atoms with Gasteiger partial charge in [0.05, 0.1) is 5.56 Å².